The molecular weight excluding hydrogens is 296 g/mol. The molecule has 104 valence electrons. The van der Waals surface area contributed by atoms with Gasteiger partial charge in [0, 0.05) is 19.2 Å². The summed E-state index contributed by atoms with van der Waals surface area (Å²) >= 11 is 0. The van der Waals surface area contributed by atoms with Gasteiger partial charge in [0.15, 0.2) is 4.87 Å². The van der Waals surface area contributed by atoms with Crippen molar-refractivity contribution in [3.63, 3.8) is 0 Å². The first kappa shape index (κ1) is 12.6. The Labute approximate surface area is 123 Å². The molecule has 2 atom stereocenters. The van der Waals surface area contributed by atoms with Crippen LogP contribution in [0.3, 0.4) is 0 Å². The SMILES string of the molecule is CN1C(=O)C23Cc4ccccc4N2C(=O)C1(CO)SS3. The van der Waals surface area contributed by atoms with Crippen LogP contribution in [0.2, 0.25) is 0 Å². The molecular formula is C13H12N2O3S2. The minimum atomic E-state index is -1.19. The van der Waals surface area contributed by atoms with E-state index in [1.807, 2.05) is 24.3 Å². The Balaban J connectivity index is 1.96. The standard InChI is InChI=1S/C13H12N2O3S2/c1-14-10(17)12-6-8-4-2-3-5-9(8)15(12)11(18)13(14,7-16)20-19-12/h2-5,16H,6-7H2,1H3. The smallest absolute Gasteiger partial charge is 0.268 e. The highest BCUT2D eigenvalue weighted by Gasteiger charge is 2.70. The minimum Gasteiger partial charge on any atom is -0.392 e. The fourth-order valence-electron chi connectivity index (χ4n) is 3.13. The van der Waals surface area contributed by atoms with Crippen LogP contribution in [0.15, 0.2) is 24.3 Å². The summed E-state index contributed by atoms with van der Waals surface area (Å²) in [7, 11) is 4.30. The van der Waals surface area contributed by atoms with Crippen LogP contribution in [0.4, 0.5) is 5.69 Å². The number of hydrogen-bond acceptors (Lipinski definition) is 5. The summed E-state index contributed by atoms with van der Waals surface area (Å²) < 4.78 is 0. The zero-order valence-electron chi connectivity index (χ0n) is 10.7. The van der Waals surface area contributed by atoms with Crippen molar-refractivity contribution in [2.45, 2.75) is 16.2 Å². The molecule has 4 heterocycles. The van der Waals surface area contributed by atoms with Crippen molar-refractivity contribution in [2.75, 3.05) is 18.6 Å². The van der Waals surface area contributed by atoms with Gasteiger partial charge in [-0.05, 0) is 22.4 Å². The van der Waals surface area contributed by atoms with Crippen LogP contribution in [0, 0.1) is 0 Å². The average Bonchev–Trinajstić information content (AvgIpc) is 2.81. The molecule has 1 N–H and O–H groups in total. The van der Waals surface area contributed by atoms with E-state index in [1.54, 1.807) is 11.9 Å². The van der Waals surface area contributed by atoms with Crippen LogP contribution in [0.5, 0.6) is 0 Å². The maximum atomic E-state index is 12.9. The third kappa shape index (κ3) is 1.14. The summed E-state index contributed by atoms with van der Waals surface area (Å²) in [6.07, 6.45) is 0.525. The van der Waals surface area contributed by atoms with E-state index < -0.39 is 9.74 Å². The first-order valence-corrected chi connectivity index (χ1v) is 8.40. The highest BCUT2D eigenvalue weighted by atomic mass is 33.1. The van der Waals surface area contributed by atoms with Crippen LogP contribution in [-0.4, -0.2) is 45.2 Å². The van der Waals surface area contributed by atoms with Crippen molar-refractivity contribution in [2.24, 2.45) is 0 Å². The molecule has 2 bridgehead atoms. The van der Waals surface area contributed by atoms with Crippen LogP contribution in [0.1, 0.15) is 5.56 Å². The van der Waals surface area contributed by atoms with Crippen molar-refractivity contribution in [3.8, 4) is 0 Å². The molecule has 4 aliphatic heterocycles. The number of anilines is 1. The zero-order valence-corrected chi connectivity index (χ0v) is 12.3. The van der Waals surface area contributed by atoms with Gasteiger partial charge in [0.05, 0.1) is 6.61 Å². The summed E-state index contributed by atoms with van der Waals surface area (Å²) in [6, 6.07) is 7.60. The van der Waals surface area contributed by atoms with E-state index in [0.717, 1.165) is 11.3 Å². The summed E-state index contributed by atoms with van der Waals surface area (Å²) in [4.78, 5) is 26.6. The first-order valence-electron chi connectivity index (χ1n) is 6.25. The molecule has 7 heteroatoms. The first-order chi connectivity index (χ1) is 9.57. The van der Waals surface area contributed by atoms with E-state index in [1.165, 1.54) is 26.5 Å². The maximum Gasteiger partial charge on any atom is 0.268 e. The molecule has 2 amide bonds. The summed E-state index contributed by atoms with van der Waals surface area (Å²) in [5.41, 5.74) is 1.80. The lowest BCUT2D eigenvalue weighted by atomic mass is 10.0. The monoisotopic (exact) mass is 308 g/mol. The Morgan fingerprint density at radius 2 is 2.00 bits per heavy atom. The highest BCUT2D eigenvalue weighted by molar-refractivity contribution is 8.78. The molecule has 1 aromatic carbocycles. The fourth-order valence-corrected chi connectivity index (χ4v) is 6.64. The van der Waals surface area contributed by atoms with Gasteiger partial charge in [-0.2, -0.15) is 0 Å². The molecule has 0 saturated carbocycles. The minimum absolute atomic E-state index is 0.105. The van der Waals surface area contributed by atoms with Crippen molar-refractivity contribution < 1.29 is 14.7 Å². The molecule has 5 rings (SSSR count). The highest BCUT2D eigenvalue weighted by Crippen LogP contribution is 2.63. The average molecular weight is 308 g/mol. The second kappa shape index (κ2) is 3.72. The van der Waals surface area contributed by atoms with Crippen molar-refractivity contribution >= 4 is 39.1 Å². The van der Waals surface area contributed by atoms with Gasteiger partial charge in [-0.3, -0.25) is 14.5 Å². The van der Waals surface area contributed by atoms with E-state index in [0.29, 0.717) is 6.42 Å². The predicted octanol–water partition coefficient (Wildman–Crippen LogP) is 0.828. The molecule has 0 aliphatic carbocycles. The number of benzene rings is 1. The number of hydrogen-bond donors (Lipinski definition) is 1. The van der Waals surface area contributed by atoms with Gasteiger partial charge >= 0.3 is 0 Å². The van der Waals surface area contributed by atoms with Crippen molar-refractivity contribution in [1.29, 1.82) is 0 Å². The van der Waals surface area contributed by atoms with Gasteiger partial charge in [-0.25, -0.2) is 0 Å². The molecule has 2 unspecified atom stereocenters. The van der Waals surface area contributed by atoms with Gasteiger partial charge in [-0.15, -0.1) is 0 Å². The quantitative estimate of drug-likeness (QED) is 0.779. The Bertz CT molecular complexity index is 652. The van der Waals surface area contributed by atoms with Crippen LogP contribution in [0.25, 0.3) is 0 Å². The number of piperazine rings is 1. The molecule has 4 aliphatic rings. The molecule has 1 aromatic rings. The third-order valence-corrected chi connectivity index (χ3v) is 7.89. The Kier molecular flexibility index (Phi) is 2.33. The number of para-hydroxylation sites is 1. The van der Waals surface area contributed by atoms with E-state index in [4.69, 9.17) is 0 Å². The molecule has 5 nitrogen and oxygen atoms in total. The lowest BCUT2D eigenvalue weighted by Gasteiger charge is -2.57. The summed E-state index contributed by atoms with van der Waals surface area (Å²) in [6.45, 7) is -0.375. The normalized spacial score (nSPS) is 34.5. The second-order valence-corrected chi connectivity index (χ2v) is 7.89. The number of fused-ring (bicyclic) bond motifs is 3. The number of aliphatic hydroxyl groups is 1. The molecule has 3 saturated heterocycles. The number of likely N-dealkylation sites (N-methyl/N-ethyl adjacent to an activating group) is 1. The molecule has 0 aromatic heterocycles. The van der Waals surface area contributed by atoms with Gasteiger partial charge in [0.25, 0.3) is 11.8 Å². The van der Waals surface area contributed by atoms with Gasteiger partial charge in [0.2, 0.25) is 4.87 Å². The van der Waals surface area contributed by atoms with E-state index in [9.17, 15) is 14.7 Å². The van der Waals surface area contributed by atoms with E-state index >= 15 is 0 Å². The number of aliphatic hydroxyl groups excluding tert-OH is 1. The van der Waals surface area contributed by atoms with Gasteiger partial charge in [0.1, 0.15) is 0 Å². The van der Waals surface area contributed by atoms with Crippen molar-refractivity contribution in [1.82, 2.24) is 4.90 Å². The Morgan fingerprint density at radius 1 is 1.25 bits per heavy atom. The number of carbonyl (C=O) groups excluding carboxylic acids is 2. The van der Waals surface area contributed by atoms with Gasteiger partial charge < -0.3 is 10.0 Å². The molecule has 1 spiro atoms. The molecule has 3 fully saturated rings. The Morgan fingerprint density at radius 3 is 2.75 bits per heavy atom. The predicted molar refractivity (Wildman–Crippen MR) is 78.1 cm³/mol. The largest absolute Gasteiger partial charge is 0.392 e. The van der Waals surface area contributed by atoms with Gasteiger partial charge in [-0.1, -0.05) is 29.0 Å². The molecule has 0 radical (unpaired) electrons. The second-order valence-electron chi connectivity index (χ2n) is 5.20. The number of nitrogens with zero attached hydrogens (tertiary/aromatic N) is 2. The third-order valence-electron chi connectivity index (χ3n) is 4.27. The topological polar surface area (TPSA) is 60.9 Å². The Hall–Kier alpha value is -1.18. The van der Waals surface area contributed by atoms with E-state index in [2.05, 4.69) is 0 Å². The molecule has 20 heavy (non-hydrogen) atoms. The van der Waals surface area contributed by atoms with Crippen LogP contribution >= 0.6 is 21.6 Å². The van der Waals surface area contributed by atoms with Crippen molar-refractivity contribution in [3.05, 3.63) is 29.8 Å². The lowest BCUT2D eigenvalue weighted by molar-refractivity contribution is -0.149. The van der Waals surface area contributed by atoms with Crippen LogP contribution in [-0.2, 0) is 16.0 Å². The number of carbonyl (C=O) groups is 2. The van der Waals surface area contributed by atoms with E-state index in [-0.39, 0.29) is 18.4 Å². The summed E-state index contributed by atoms with van der Waals surface area (Å²) in [5, 5.41) is 9.71. The fraction of sp³-hybridized carbons (Fsp3) is 0.385. The number of rotatable bonds is 1. The summed E-state index contributed by atoms with van der Waals surface area (Å²) in [5.74, 6) is -0.304. The lowest BCUT2D eigenvalue weighted by Crippen LogP contribution is -2.77. The maximum absolute atomic E-state index is 12.9. The zero-order chi connectivity index (χ0) is 14.1. The van der Waals surface area contributed by atoms with Crippen LogP contribution < -0.4 is 4.90 Å². The number of amides is 2.